The third-order valence-corrected chi connectivity index (χ3v) is 6.64. The van der Waals surface area contributed by atoms with E-state index in [4.69, 9.17) is 4.74 Å². The van der Waals surface area contributed by atoms with Crippen molar-refractivity contribution in [3.8, 4) is 11.4 Å². The first-order chi connectivity index (χ1) is 14.7. The molecule has 1 aliphatic heterocycles. The molecule has 1 aromatic heterocycles. The van der Waals surface area contributed by atoms with Crippen LogP contribution in [0.2, 0.25) is 0 Å². The smallest absolute Gasteiger partial charge is 0.265 e. The molecule has 0 unspecified atom stereocenters. The monoisotopic (exact) mass is 403 g/mol. The maximum absolute atomic E-state index is 13.0. The molecule has 2 fully saturated rings. The van der Waals surface area contributed by atoms with Crippen molar-refractivity contribution in [3.05, 3.63) is 64.7 Å². The second kappa shape index (κ2) is 8.23. The predicted molar refractivity (Wildman–Crippen MR) is 120 cm³/mol. The second-order valence-corrected chi connectivity index (χ2v) is 8.60. The van der Waals surface area contributed by atoms with Crippen LogP contribution in [-0.2, 0) is 0 Å². The van der Waals surface area contributed by atoms with E-state index in [1.807, 2.05) is 55.5 Å². The zero-order valence-corrected chi connectivity index (χ0v) is 17.6. The summed E-state index contributed by atoms with van der Waals surface area (Å²) < 4.78 is 7.94. The summed E-state index contributed by atoms with van der Waals surface area (Å²) >= 11 is 0. The zero-order chi connectivity index (χ0) is 20.5. The standard InChI is InChI=1S/C25H29N3O2/c1-18-26-24-7-3-2-6-23(24)25(29)28(18)20-10-14-22(15-11-20)30-21-12-8-19(9-13-21)27-16-4-5-17-27/h2-3,6-7,10-11,14-15,19,21H,4-5,8-9,12-13,16-17H2,1H3/t19-,21-. The van der Waals surface area contributed by atoms with Crippen molar-refractivity contribution in [1.29, 1.82) is 0 Å². The van der Waals surface area contributed by atoms with Crippen LogP contribution in [0.1, 0.15) is 44.3 Å². The molecule has 0 spiro atoms. The molecule has 1 aliphatic carbocycles. The first-order valence-electron chi connectivity index (χ1n) is 11.2. The van der Waals surface area contributed by atoms with Gasteiger partial charge in [-0.3, -0.25) is 9.36 Å². The minimum atomic E-state index is -0.0352. The molecular weight excluding hydrogens is 374 g/mol. The van der Waals surface area contributed by atoms with Gasteiger partial charge in [0.05, 0.1) is 22.7 Å². The van der Waals surface area contributed by atoms with E-state index in [1.165, 1.54) is 38.8 Å². The van der Waals surface area contributed by atoms with Gasteiger partial charge in [-0.2, -0.15) is 0 Å². The lowest BCUT2D eigenvalue weighted by molar-refractivity contribution is 0.100. The molecular formula is C25H29N3O2. The topological polar surface area (TPSA) is 47.4 Å². The van der Waals surface area contributed by atoms with Gasteiger partial charge in [0.1, 0.15) is 11.6 Å². The highest BCUT2D eigenvalue weighted by Gasteiger charge is 2.28. The van der Waals surface area contributed by atoms with Crippen LogP contribution in [0.25, 0.3) is 16.6 Å². The zero-order valence-electron chi connectivity index (χ0n) is 17.6. The largest absolute Gasteiger partial charge is 0.490 e. The number of aromatic nitrogens is 2. The van der Waals surface area contributed by atoms with Crippen molar-refractivity contribution < 1.29 is 4.74 Å². The van der Waals surface area contributed by atoms with Crippen molar-refractivity contribution in [1.82, 2.24) is 14.5 Å². The number of hydrogen-bond donors (Lipinski definition) is 0. The predicted octanol–water partition coefficient (Wildman–Crippen LogP) is 4.48. The van der Waals surface area contributed by atoms with Crippen molar-refractivity contribution in [2.45, 2.75) is 57.6 Å². The summed E-state index contributed by atoms with van der Waals surface area (Å²) in [6.45, 7) is 4.43. The van der Waals surface area contributed by atoms with Crippen molar-refractivity contribution >= 4 is 10.9 Å². The SMILES string of the molecule is Cc1nc2ccccc2c(=O)n1-c1ccc(O[C@H]2CC[C@H](N3CCCC3)CC2)cc1. The van der Waals surface area contributed by atoms with Gasteiger partial charge in [-0.1, -0.05) is 12.1 Å². The van der Waals surface area contributed by atoms with E-state index in [-0.39, 0.29) is 5.56 Å². The highest BCUT2D eigenvalue weighted by Crippen LogP contribution is 2.29. The molecule has 0 radical (unpaired) electrons. The molecule has 2 heterocycles. The van der Waals surface area contributed by atoms with E-state index in [0.29, 0.717) is 17.3 Å². The number of ether oxygens (including phenoxy) is 1. The van der Waals surface area contributed by atoms with Crippen LogP contribution < -0.4 is 10.3 Å². The van der Waals surface area contributed by atoms with Gasteiger partial charge in [0.15, 0.2) is 0 Å². The van der Waals surface area contributed by atoms with Gasteiger partial charge in [0.25, 0.3) is 5.56 Å². The van der Waals surface area contributed by atoms with Crippen LogP contribution in [0.4, 0.5) is 0 Å². The molecule has 0 amide bonds. The molecule has 3 aromatic rings. The number of benzene rings is 2. The molecule has 5 heteroatoms. The molecule has 2 aliphatic rings. The fourth-order valence-electron chi connectivity index (χ4n) is 5.05. The average Bonchev–Trinajstić information content (AvgIpc) is 3.30. The highest BCUT2D eigenvalue weighted by molar-refractivity contribution is 5.77. The molecule has 1 saturated carbocycles. The summed E-state index contributed by atoms with van der Waals surface area (Å²) in [5.74, 6) is 1.57. The fraction of sp³-hybridized carbons (Fsp3) is 0.440. The molecule has 2 aromatic carbocycles. The molecule has 0 bridgehead atoms. The molecule has 1 saturated heterocycles. The number of nitrogens with zero attached hydrogens (tertiary/aromatic N) is 3. The fourth-order valence-corrected chi connectivity index (χ4v) is 5.05. The summed E-state index contributed by atoms with van der Waals surface area (Å²) in [6.07, 6.45) is 7.73. The summed E-state index contributed by atoms with van der Waals surface area (Å²) in [7, 11) is 0. The lowest BCUT2D eigenvalue weighted by Gasteiger charge is -2.34. The Hall–Kier alpha value is -2.66. The number of fused-ring (bicyclic) bond motifs is 1. The Morgan fingerprint density at radius 2 is 1.63 bits per heavy atom. The number of aryl methyl sites for hydroxylation is 1. The van der Waals surface area contributed by atoms with Gasteiger partial charge in [0.2, 0.25) is 0 Å². The Labute approximate surface area is 177 Å². The van der Waals surface area contributed by atoms with E-state index in [9.17, 15) is 4.79 Å². The van der Waals surface area contributed by atoms with Crippen LogP contribution in [-0.4, -0.2) is 39.7 Å². The molecule has 30 heavy (non-hydrogen) atoms. The van der Waals surface area contributed by atoms with Crippen LogP contribution in [0, 0.1) is 6.92 Å². The van der Waals surface area contributed by atoms with Crippen molar-refractivity contribution in [2.24, 2.45) is 0 Å². The quantitative estimate of drug-likeness (QED) is 0.644. The number of para-hydroxylation sites is 1. The molecule has 0 atom stereocenters. The van der Waals surface area contributed by atoms with E-state index in [2.05, 4.69) is 9.88 Å². The Balaban J connectivity index is 1.29. The lowest BCUT2D eigenvalue weighted by Crippen LogP contribution is -2.38. The molecule has 156 valence electrons. The van der Waals surface area contributed by atoms with Gasteiger partial charge in [-0.15, -0.1) is 0 Å². The molecule has 5 rings (SSSR count). The summed E-state index contributed by atoms with van der Waals surface area (Å²) in [4.78, 5) is 20.2. The second-order valence-electron chi connectivity index (χ2n) is 8.60. The van der Waals surface area contributed by atoms with Crippen molar-refractivity contribution in [2.75, 3.05) is 13.1 Å². The Morgan fingerprint density at radius 1 is 0.933 bits per heavy atom. The van der Waals surface area contributed by atoms with E-state index in [0.717, 1.165) is 35.8 Å². The summed E-state index contributed by atoms with van der Waals surface area (Å²) in [5, 5.41) is 0.637. The number of rotatable bonds is 4. The van der Waals surface area contributed by atoms with Gasteiger partial charge < -0.3 is 9.64 Å². The first kappa shape index (κ1) is 19.3. The minimum absolute atomic E-state index is 0.0352. The average molecular weight is 404 g/mol. The Bertz CT molecular complexity index is 1080. The van der Waals surface area contributed by atoms with Gasteiger partial charge in [-0.05, 0) is 94.9 Å². The molecule has 0 N–H and O–H groups in total. The van der Waals surface area contributed by atoms with Crippen molar-refractivity contribution in [3.63, 3.8) is 0 Å². The van der Waals surface area contributed by atoms with Crippen LogP contribution >= 0.6 is 0 Å². The van der Waals surface area contributed by atoms with Crippen LogP contribution in [0.5, 0.6) is 5.75 Å². The summed E-state index contributed by atoms with van der Waals surface area (Å²) in [5.41, 5.74) is 1.52. The number of hydrogen-bond acceptors (Lipinski definition) is 4. The van der Waals surface area contributed by atoms with E-state index < -0.39 is 0 Å². The third-order valence-electron chi connectivity index (χ3n) is 6.64. The van der Waals surface area contributed by atoms with E-state index in [1.54, 1.807) is 4.57 Å². The normalized spacial score (nSPS) is 22.4. The van der Waals surface area contributed by atoms with Crippen LogP contribution in [0.3, 0.4) is 0 Å². The number of likely N-dealkylation sites (tertiary alicyclic amines) is 1. The third kappa shape index (κ3) is 3.74. The van der Waals surface area contributed by atoms with Gasteiger partial charge in [-0.25, -0.2) is 4.98 Å². The highest BCUT2D eigenvalue weighted by atomic mass is 16.5. The Morgan fingerprint density at radius 3 is 2.37 bits per heavy atom. The van der Waals surface area contributed by atoms with Gasteiger partial charge >= 0.3 is 0 Å². The Kier molecular flexibility index (Phi) is 5.30. The molecule has 5 nitrogen and oxygen atoms in total. The minimum Gasteiger partial charge on any atom is -0.490 e. The first-order valence-corrected chi connectivity index (χ1v) is 11.2. The van der Waals surface area contributed by atoms with E-state index >= 15 is 0 Å². The summed E-state index contributed by atoms with van der Waals surface area (Å²) in [6, 6.07) is 16.1. The van der Waals surface area contributed by atoms with Gasteiger partial charge in [0, 0.05) is 6.04 Å². The maximum atomic E-state index is 13.0. The van der Waals surface area contributed by atoms with Crippen LogP contribution in [0.15, 0.2) is 53.3 Å². The maximum Gasteiger partial charge on any atom is 0.265 e. The lowest BCUT2D eigenvalue weighted by atomic mass is 9.92.